The van der Waals surface area contributed by atoms with Crippen molar-refractivity contribution < 1.29 is 9.53 Å². The van der Waals surface area contributed by atoms with E-state index in [1.165, 1.54) is 0 Å². The number of amides is 1. The van der Waals surface area contributed by atoms with Crippen LogP contribution in [0.2, 0.25) is 0 Å². The highest BCUT2D eigenvalue weighted by Gasteiger charge is 2.28. The SMILES string of the molecule is C[C@H]1OCCN[C@@H]1C(=O)Nc1ccc(Br)cc1. The molecule has 92 valence electrons. The lowest BCUT2D eigenvalue weighted by atomic mass is 10.1. The second-order valence-electron chi connectivity index (χ2n) is 4.00. The van der Waals surface area contributed by atoms with Crippen molar-refractivity contribution in [3.8, 4) is 0 Å². The first-order chi connectivity index (χ1) is 8.16. The van der Waals surface area contributed by atoms with Crippen molar-refractivity contribution >= 4 is 27.5 Å². The normalized spacial score (nSPS) is 24.4. The van der Waals surface area contributed by atoms with Gasteiger partial charge in [0.05, 0.1) is 12.7 Å². The molecular formula is C12H15BrN2O2. The number of hydrogen-bond donors (Lipinski definition) is 2. The zero-order valence-electron chi connectivity index (χ0n) is 9.57. The molecule has 4 nitrogen and oxygen atoms in total. The maximum atomic E-state index is 12.0. The third kappa shape index (κ3) is 3.28. The van der Waals surface area contributed by atoms with E-state index < -0.39 is 0 Å². The van der Waals surface area contributed by atoms with E-state index in [2.05, 4.69) is 26.6 Å². The Bertz CT molecular complexity index is 394. The number of benzene rings is 1. The number of nitrogens with one attached hydrogen (secondary N) is 2. The Morgan fingerprint density at radius 3 is 2.82 bits per heavy atom. The van der Waals surface area contributed by atoms with Crippen LogP contribution < -0.4 is 10.6 Å². The molecule has 1 aromatic rings. The molecule has 2 N–H and O–H groups in total. The van der Waals surface area contributed by atoms with Gasteiger partial charge in [-0.25, -0.2) is 0 Å². The molecule has 0 saturated carbocycles. The third-order valence-electron chi connectivity index (χ3n) is 2.71. The summed E-state index contributed by atoms with van der Waals surface area (Å²) in [6.07, 6.45) is -0.0980. The Morgan fingerprint density at radius 1 is 1.47 bits per heavy atom. The van der Waals surface area contributed by atoms with E-state index >= 15 is 0 Å². The molecule has 0 spiro atoms. The van der Waals surface area contributed by atoms with Gasteiger partial charge in [0.25, 0.3) is 0 Å². The molecule has 2 atom stereocenters. The van der Waals surface area contributed by atoms with Gasteiger partial charge in [0.15, 0.2) is 0 Å². The molecule has 1 aliphatic heterocycles. The highest BCUT2D eigenvalue weighted by Crippen LogP contribution is 2.15. The molecule has 0 aromatic heterocycles. The molecule has 0 radical (unpaired) electrons. The van der Waals surface area contributed by atoms with Gasteiger partial charge in [-0.1, -0.05) is 15.9 Å². The summed E-state index contributed by atoms with van der Waals surface area (Å²) in [6, 6.07) is 7.22. The minimum absolute atomic E-state index is 0.0560. The monoisotopic (exact) mass is 298 g/mol. The van der Waals surface area contributed by atoms with Crippen LogP contribution in [-0.2, 0) is 9.53 Å². The van der Waals surface area contributed by atoms with E-state index in [1.54, 1.807) is 0 Å². The van der Waals surface area contributed by atoms with Gasteiger partial charge in [0, 0.05) is 16.7 Å². The maximum absolute atomic E-state index is 12.0. The second-order valence-corrected chi connectivity index (χ2v) is 4.92. The average Bonchev–Trinajstić information content (AvgIpc) is 2.32. The summed E-state index contributed by atoms with van der Waals surface area (Å²) in [5.41, 5.74) is 0.790. The van der Waals surface area contributed by atoms with Crippen molar-refractivity contribution in [1.82, 2.24) is 5.32 Å². The molecule has 0 unspecified atom stereocenters. The zero-order chi connectivity index (χ0) is 12.3. The Morgan fingerprint density at radius 2 is 2.18 bits per heavy atom. The Kier molecular flexibility index (Phi) is 4.15. The predicted octanol–water partition coefficient (Wildman–Crippen LogP) is 1.76. The molecular weight excluding hydrogens is 284 g/mol. The van der Waals surface area contributed by atoms with Crippen LogP contribution in [0.3, 0.4) is 0 Å². The Labute approximate surface area is 109 Å². The van der Waals surface area contributed by atoms with Gasteiger partial charge < -0.3 is 15.4 Å². The largest absolute Gasteiger partial charge is 0.375 e. The Hall–Kier alpha value is -0.910. The van der Waals surface area contributed by atoms with Crippen LogP contribution in [0.1, 0.15) is 6.92 Å². The summed E-state index contributed by atoms with van der Waals surface area (Å²) in [5.74, 6) is -0.0560. The van der Waals surface area contributed by atoms with Crippen LogP contribution in [0.15, 0.2) is 28.7 Å². The fourth-order valence-corrected chi connectivity index (χ4v) is 2.04. The smallest absolute Gasteiger partial charge is 0.244 e. The van der Waals surface area contributed by atoms with E-state index in [-0.39, 0.29) is 18.1 Å². The van der Waals surface area contributed by atoms with Crippen LogP contribution in [0.4, 0.5) is 5.69 Å². The first kappa shape index (κ1) is 12.5. The number of hydrogen-bond acceptors (Lipinski definition) is 3. The van der Waals surface area contributed by atoms with Crippen molar-refractivity contribution in [2.45, 2.75) is 19.1 Å². The quantitative estimate of drug-likeness (QED) is 0.875. The van der Waals surface area contributed by atoms with Crippen LogP contribution in [0, 0.1) is 0 Å². The molecule has 5 heteroatoms. The van der Waals surface area contributed by atoms with Crippen molar-refractivity contribution in [2.75, 3.05) is 18.5 Å². The molecule has 1 saturated heterocycles. The van der Waals surface area contributed by atoms with Gasteiger partial charge in [-0.15, -0.1) is 0 Å². The summed E-state index contributed by atoms with van der Waals surface area (Å²) < 4.78 is 6.43. The number of ether oxygens (including phenoxy) is 1. The Balaban J connectivity index is 1.98. The lowest BCUT2D eigenvalue weighted by molar-refractivity contribution is -0.123. The minimum atomic E-state index is -0.285. The first-order valence-corrected chi connectivity index (χ1v) is 6.37. The molecule has 1 fully saturated rings. The van der Waals surface area contributed by atoms with Crippen molar-refractivity contribution in [3.05, 3.63) is 28.7 Å². The molecule has 1 amide bonds. The summed E-state index contributed by atoms with van der Waals surface area (Å²) in [5, 5.41) is 6.02. The van der Waals surface area contributed by atoms with E-state index in [0.717, 1.165) is 10.2 Å². The molecule has 17 heavy (non-hydrogen) atoms. The van der Waals surface area contributed by atoms with Gasteiger partial charge in [0.1, 0.15) is 6.04 Å². The highest BCUT2D eigenvalue weighted by atomic mass is 79.9. The van der Waals surface area contributed by atoms with E-state index in [0.29, 0.717) is 13.2 Å². The molecule has 0 aliphatic carbocycles. The first-order valence-electron chi connectivity index (χ1n) is 5.58. The van der Waals surface area contributed by atoms with Crippen molar-refractivity contribution in [2.24, 2.45) is 0 Å². The topological polar surface area (TPSA) is 50.4 Å². The van der Waals surface area contributed by atoms with Crippen LogP contribution >= 0.6 is 15.9 Å². The van der Waals surface area contributed by atoms with Gasteiger partial charge >= 0.3 is 0 Å². The van der Waals surface area contributed by atoms with Crippen molar-refractivity contribution in [1.29, 1.82) is 0 Å². The number of halogens is 1. The van der Waals surface area contributed by atoms with Gasteiger partial charge in [-0.05, 0) is 31.2 Å². The molecule has 1 aromatic carbocycles. The van der Waals surface area contributed by atoms with E-state index in [1.807, 2.05) is 31.2 Å². The van der Waals surface area contributed by atoms with E-state index in [4.69, 9.17) is 4.74 Å². The summed E-state index contributed by atoms with van der Waals surface area (Å²) >= 11 is 3.35. The van der Waals surface area contributed by atoms with Gasteiger partial charge in [-0.3, -0.25) is 4.79 Å². The number of morpholine rings is 1. The molecule has 0 bridgehead atoms. The zero-order valence-corrected chi connectivity index (χ0v) is 11.2. The fraction of sp³-hybridized carbons (Fsp3) is 0.417. The predicted molar refractivity (Wildman–Crippen MR) is 70.0 cm³/mol. The van der Waals surface area contributed by atoms with E-state index in [9.17, 15) is 4.79 Å². The molecule has 2 rings (SSSR count). The molecule has 1 aliphatic rings. The lowest BCUT2D eigenvalue weighted by Crippen LogP contribution is -2.53. The standard InChI is InChI=1S/C12H15BrN2O2/c1-8-11(14-6-7-17-8)12(16)15-10-4-2-9(13)3-5-10/h2-5,8,11,14H,6-7H2,1H3,(H,15,16)/t8-,11+/m1/s1. The fourth-order valence-electron chi connectivity index (χ4n) is 1.78. The van der Waals surface area contributed by atoms with Gasteiger partial charge in [0.2, 0.25) is 5.91 Å². The number of anilines is 1. The summed E-state index contributed by atoms with van der Waals surface area (Å²) in [7, 11) is 0. The minimum Gasteiger partial charge on any atom is -0.375 e. The molecule has 1 heterocycles. The number of rotatable bonds is 2. The van der Waals surface area contributed by atoms with Gasteiger partial charge in [-0.2, -0.15) is 0 Å². The second kappa shape index (κ2) is 5.62. The number of carbonyl (C=O) groups excluding carboxylic acids is 1. The maximum Gasteiger partial charge on any atom is 0.244 e. The lowest BCUT2D eigenvalue weighted by Gasteiger charge is -2.29. The third-order valence-corrected chi connectivity index (χ3v) is 3.24. The van der Waals surface area contributed by atoms with Crippen molar-refractivity contribution in [3.63, 3.8) is 0 Å². The van der Waals surface area contributed by atoms with Crippen LogP contribution in [-0.4, -0.2) is 31.2 Å². The van der Waals surface area contributed by atoms with Crippen LogP contribution in [0.25, 0.3) is 0 Å². The summed E-state index contributed by atoms with van der Waals surface area (Å²) in [6.45, 7) is 3.27. The van der Waals surface area contributed by atoms with Crippen LogP contribution in [0.5, 0.6) is 0 Å². The summed E-state index contributed by atoms with van der Waals surface area (Å²) in [4.78, 5) is 12.0. The number of carbonyl (C=O) groups is 1. The average molecular weight is 299 g/mol. The highest BCUT2D eigenvalue weighted by molar-refractivity contribution is 9.10.